The third kappa shape index (κ3) is 4.78. The van der Waals surface area contributed by atoms with Gasteiger partial charge in [-0.2, -0.15) is 0 Å². The number of hydrogen-bond donors (Lipinski definition) is 1. The van der Waals surface area contributed by atoms with Crippen LogP contribution in [0.2, 0.25) is 0 Å². The summed E-state index contributed by atoms with van der Waals surface area (Å²) in [6.45, 7) is 0. The molecule has 1 aliphatic rings. The molecule has 7 heteroatoms. The highest BCUT2D eigenvalue weighted by Crippen LogP contribution is 2.42. The lowest BCUT2D eigenvalue weighted by atomic mass is 10.1. The van der Waals surface area contributed by atoms with Gasteiger partial charge in [0.1, 0.15) is 5.37 Å². The van der Waals surface area contributed by atoms with Gasteiger partial charge >= 0.3 is 0 Å². The van der Waals surface area contributed by atoms with Crippen molar-refractivity contribution in [2.24, 2.45) is 0 Å². The summed E-state index contributed by atoms with van der Waals surface area (Å²) in [5.41, 5.74) is 4.29. The van der Waals surface area contributed by atoms with Crippen LogP contribution in [0.4, 0.5) is 17.1 Å². The lowest BCUT2D eigenvalue weighted by Crippen LogP contribution is -2.27. The van der Waals surface area contributed by atoms with Crippen LogP contribution in [0.1, 0.15) is 21.3 Å². The number of nitrogens with zero attached hydrogens (tertiary/aromatic N) is 2. The minimum Gasteiger partial charge on any atom is -0.378 e. The van der Waals surface area contributed by atoms with Crippen LogP contribution < -0.4 is 15.1 Å². The van der Waals surface area contributed by atoms with Crippen molar-refractivity contribution in [1.82, 2.24) is 0 Å². The highest BCUT2D eigenvalue weighted by molar-refractivity contribution is 9.10. The first-order chi connectivity index (χ1) is 14.9. The van der Waals surface area contributed by atoms with E-state index in [-0.39, 0.29) is 17.2 Å². The Morgan fingerprint density at radius 2 is 1.77 bits per heavy atom. The van der Waals surface area contributed by atoms with E-state index in [2.05, 4.69) is 21.2 Å². The van der Waals surface area contributed by atoms with Crippen LogP contribution in [0.25, 0.3) is 0 Å². The van der Waals surface area contributed by atoms with Crippen molar-refractivity contribution in [1.29, 1.82) is 0 Å². The predicted molar refractivity (Wildman–Crippen MR) is 132 cm³/mol. The molecular formula is C24H22BrN3O2S. The molecule has 5 nitrogen and oxygen atoms in total. The van der Waals surface area contributed by atoms with E-state index < -0.39 is 0 Å². The van der Waals surface area contributed by atoms with Crippen molar-refractivity contribution in [3.8, 4) is 0 Å². The van der Waals surface area contributed by atoms with Crippen molar-refractivity contribution >= 4 is 56.6 Å². The largest absolute Gasteiger partial charge is 0.378 e. The highest BCUT2D eigenvalue weighted by Gasteiger charge is 2.34. The van der Waals surface area contributed by atoms with E-state index in [0.717, 1.165) is 21.4 Å². The van der Waals surface area contributed by atoms with Crippen LogP contribution in [-0.4, -0.2) is 31.7 Å². The van der Waals surface area contributed by atoms with E-state index in [9.17, 15) is 9.59 Å². The van der Waals surface area contributed by atoms with Crippen molar-refractivity contribution in [2.75, 3.05) is 35.0 Å². The molecule has 158 valence electrons. The number of carbonyl (C=O) groups excluding carboxylic acids is 2. The summed E-state index contributed by atoms with van der Waals surface area (Å²) in [5, 5.41) is 2.83. The standard InChI is InChI=1S/C24H22BrN3O2S/c1-27(2)20-10-12-21(13-11-20)28-22(29)15-31-24(28)16-6-8-19(9-7-16)26-23(30)17-4-3-5-18(25)14-17/h3-14,24H,15H2,1-2H3,(H,26,30)/t24-/m1/s1. The number of carbonyl (C=O) groups is 2. The van der Waals surface area contributed by atoms with Gasteiger partial charge in [-0.05, 0) is 60.2 Å². The molecule has 0 aromatic heterocycles. The third-order valence-corrected chi connectivity index (χ3v) is 6.76. The van der Waals surface area contributed by atoms with E-state index in [0.29, 0.717) is 17.0 Å². The van der Waals surface area contributed by atoms with Gasteiger partial charge in [0.15, 0.2) is 0 Å². The average molecular weight is 496 g/mol. The summed E-state index contributed by atoms with van der Waals surface area (Å²) in [7, 11) is 3.98. The Bertz CT molecular complexity index is 1100. The molecule has 0 saturated carbocycles. The maximum atomic E-state index is 12.6. The van der Waals surface area contributed by atoms with Crippen molar-refractivity contribution < 1.29 is 9.59 Å². The van der Waals surface area contributed by atoms with Crippen molar-refractivity contribution in [2.45, 2.75) is 5.37 Å². The minimum atomic E-state index is -0.165. The molecular weight excluding hydrogens is 474 g/mol. The maximum Gasteiger partial charge on any atom is 0.255 e. The SMILES string of the molecule is CN(C)c1ccc(N2C(=O)CS[C@@H]2c2ccc(NC(=O)c3cccc(Br)c3)cc2)cc1. The predicted octanol–water partition coefficient (Wildman–Crippen LogP) is 5.55. The van der Waals surface area contributed by atoms with Gasteiger partial charge in [-0.1, -0.05) is 34.1 Å². The number of halogens is 1. The molecule has 0 unspecified atom stereocenters. The van der Waals surface area contributed by atoms with Gasteiger partial charge < -0.3 is 10.2 Å². The summed E-state index contributed by atoms with van der Waals surface area (Å²) in [6, 6.07) is 23.0. The van der Waals surface area contributed by atoms with Gasteiger partial charge in [0.05, 0.1) is 5.75 Å². The first-order valence-corrected chi connectivity index (χ1v) is 11.6. The molecule has 31 heavy (non-hydrogen) atoms. The lowest BCUT2D eigenvalue weighted by Gasteiger charge is -2.25. The number of benzene rings is 3. The summed E-state index contributed by atoms with van der Waals surface area (Å²) in [6.07, 6.45) is 0. The fourth-order valence-corrected chi connectivity index (χ4v) is 5.00. The summed E-state index contributed by atoms with van der Waals surface area (Å²) in [4.78, 5) is 29.0. The normalized spacial score (nSPS) is 15.8. The Labute approximate surface area is 194 Å². The second-order valence-electron chi connectivity index (χ2n) is 7.42. The van der Waals surface area contributed by atoms with Crippen LogP contribution in [0.3, 0.4) is 0 Å². The molecule has 3 aromatic carbocycles. The van der Waals surface area contributed by atoms with Crippen molar-refractivity contribution in [3.63, 3.8) is 0 Å². The molecule has 1 saturated heterocycles. The topological polar surface area (TPSA) is 52.6 Å². The van der Waals surface area contributed by atoms with Crippen LogP contribution in [0.5, 0.6) is 0 Å². The molecule has 0 aliphatic carbocycles. The Kier molecular flexibility index (Phi) is 6.34. The summed E-state index contributed by atoms with van der Waals surface area (Å²) in [5.74, 6) is 0.378. The van der Waals surface area contributed by atoms with Gasteiger partial charge in [0.2, 0.25) is 5.91 Å². The molecule has 2 amide bonds. The number of amides is 2. The van der Waals surface area contributed by atoms with Gasteiger partial charge in [-0.15, -0.1) is 11.8 Å². The average Bonchev–Trinajstić information content (AvgIpc) is 3.15. The first-order valence-electron chi connectivity index (χ1n) is 9.80. The van der Waals surface area contributed by atoms with Gasteiger partial charge in [0, 0.05) is 41.2 Å². The van der Waals surface area contributed by atoms with E-state index >= 15 is 0 Å². The Hall–Kier alpha value is -2.77. The van der Waals surface area contributed by atoms with Crippen molar-refractivity contribution in [3.05, 3.63) is 88.4 Å². The molecule has 0 spiro atoms. The number of anilines is 3. The molecule has 1 heterocycles. The molecule has 1 N–H and O–H groups in total. The Morgan fingerprint density at radius 1 is 1.06 bits per heavy atom. The van der Waals surface area contributed by atoms with Crippen LogP contribution >= 0.6 is 27.7 Å². The molecule has 1 fully saturated rings. The van der Waals surface area contributed by atoms with Gasteiger partial charge in [-0.25, -0.2) is 0 Å². The summed E-state index contributed by atoms with van der Waals surface area (Å²) >= 11 is 5.00. The molecule has 0 radical (unpaired) electrons. The number of nitrogens with one attached hydrogen (secondary N) is 1. The Morgan fingerprint density at radius 3 is 2.42 bits per heavy atom. The quantitative estimate of drug-likeness (QED) is 0.504. The third-order valence-electron chi connectivity index (χ3n) is 5.05. The smallest absolute Gasteiger partial charge is 0.255 e. The molecule has 3 aromatic rings. The maximum absolute atomic E-state index is 12.6. The zero-order valence-electron chi connectivity index (χ0n) is 17.2. The zero-order valence-corrected chi connectivity index (χ0v) is 19.6. The monoisotopic (exact) mass is 495 g/mol. The van der Waals surface area contributed by atoms with E-state index in [4.69, 9.17) is 0 Å². The molecule has 0 bridgehead atoms. The van der Waals surface area contributed by atoms with Gasteiger partial charge in [-0.3, -0.25) is 14.5 Å². The van der Waals surface area contributed by atoms with E-state index in [1.807, 2.05) is 84.6 Å². The highest BCUT2D eigenvalue weighted by atomic mass is 79.9. The molecule has 4 rings (SSSR count). The Balaban J connectivity index is 1.51. The van der Waals surface area contributed by atoms with E-state index in [1.54, 1.807) is 23.9 Å². The fraction of sp³-hybridized carbons (Fsp3) is 0.167. The second-order valence-corrected chi connectivity index (χ2v) is 9.41. The fourth-order valence-electron chi connectivity index (χ4n) is 3.43. The van der Waals surface area contributed by atoms with Crippen LogP contribution in [-0.2, 0) is 4.79 Å². The lowest BCUT2D eigenvalue weighted by molar-refractivity contribution is -0.115. The zero-order chi connectivity index (χ0) is 22.0. The number of hydrogen-bond acceptors (Lipinski definition) is 4. The first kappa shape index (κ1) is 21.5. The second kappa shape index (κ2) is 9.16. The minimum absolute atomic E-state index is 0.0902. The number of rotatable bonds is 5. The summed E-state index contributed by atoms with van der Waals surface area (Å²) < 4.78 is 0.858. The van der Waals surface area contributed by atoms with Crippen LogP contribution in [0.15, 0.2) is 77.3 Å². The van der Waals surface area contributed by atoms with Crippen LogP contribution in [0, 0.1) is 0 Å². The molecule has 1 aliphatic heterocycles. The number of thioether (sulfide) groups is 1. The van der Waals surface area contributed by atoms with E-state index in [1.165, 1.54) is 0 Å². The van der Waals surface area contributed by atoms with Gasteiger partial charge in [0.25, 0.3) is 5.91 Å². The molecule has 1 atom stereocenters.